The molecule has 0 bridgehead atoms. The Labute approximate surface area is 440 Å². The molecule has 5 heteroatoms. The monoisotopic (exact) mass is 970 g/mol. The van der Waals surface area contributed by atoms with Gasteiger partial charge in [-0.3, -0.25) is 9.97 Å². The van der Waals surface area contributed by atoms with Crippen molar-refractivity contribution < 1.29 is 0 Å². The molecule has 350 valence electrons. The minimum Gasteiger partial charge on any atom is -0.310 e. The highest BCUT2D eigenvalue weighted by Gasteiger charge is 2.42. The maximum Gasteiger partial charge on any atom is 0.252 e. The Hall–Kier alpha value is -10.1. The van der Waals surface area contributed by atoms with Gasteiger partial charge in [0.05, 0.1) is 27.6 Å². The van der Waals surface area contributed by atoms with E-state index in [4.69, 9.17) is 9.97 Å². The van der Waals surface area contributed by atoms with Crippen molar-refractivity contribution in [1.82, 2.24) is 19.1 Å². The summed E-state index contributed by atoms with van der Waals surface area (Å²) < 4.78 is 5.32. The molecule has 17 aromatic rings. The first kappa shape index (κ1) is 40.3. The van der Waals surface area contributed by atoms with Crippen molar-refractivity contribution in [2.75, 3.05) is 0 Å². The summed E-state index contributed by atoms with van der Waals surface area (Å²) in [5, 5.41) is 22.8. The Balaban J connectivity index is 1.04. The van der Waals surface area contributed by atoms with Crippen LogP contribution in [-0.2, 0) is 0 Å². The fourth-order valence-corrected chi connectivity index (χ4v) is 14.9. The highest BCUT2D eigenvalue weighted by Crippen LogP contribution is 2.49. The quantitative estimate of drug-likeness (QED) is 0.128. The predicted molar refractivity (Wildman–Crippen MR) is 326 cm³/mol. The molecule has 19 rings (SSSR count). The average molecular weight is 971 g/mol. The van der Waals surface area contributed by atoms with E-state index in [1.54, 1.807) is 0 Å². The lowest BCUT2D eigenvalue weighted by Crippen LogP contribution is -2.59. The molecule has 13 aromatic carbocycles. The number of fused-ring (bicyclic) bond motifs is 26. The van der Waals surface area contributed by atoms with Crippen LogP contribution in [-0.4, -0.2) is 25.8 Å². The molecule has 2 aliphatic heterocycles. The summed E-state index contributed by atoms with van der Waals surface area (Å²) >= 11 is 0. The molecule has 0 N–H and O–H groups in total. The summed E-state index contributed by atoms with van der Waals surface area (Å²) in [6.45, 7) is -0.102. The Morgan fingerprint density at radius 1 is 0.286 bits per heavy atom. The maximum absolute atomic E-state index is 4.88. The van der Waals surface area contributed by atoms with Gasteiger partial charge in [0.2, 0.25) is 0 Å². The van der Waals surface area contributed by atoms with Gasteiger partial charge in [-0.1, -0.05) is 170 Å². The lowest BCUT2D eigenvalue weighted by Gasteiger charge is -2.34. The van der Waals surface area contributed by atoms with Crippen LogP contribution < -0.4 is 16.4 Å². The third-order valence-corrected chi connectivity index (χ3v) is 17.9. The number of nitrogens with zero attached hydrogens (tertiary/aromatic N) is 4. The van der Waals surface area contributed by atoms with E-state index in [2.05, 4.69) is 234 Å². The maximum atomic E-state index is 4.88. The third-order valence-electron chi connectivity index (χ3n) is 17.9. The zero-order valence-electron chi connectivity index (χ0n) is 41.4. The van der Waals surface area contributed by atoms with Crippen molar-refractivity contribution in [2.45, 2.75) is 0 Å². The Morgan fingerprint density at radius 2 is 0.779 bits per heavy atom. The minimum atomic E-state index is -0.102. The SMILES string of the molecule is c1cc2c3c(c1)-n1c4c(cc5c6ccccc6c6ccccc6c5c4c4ccc5c6ccccc6c6ccccc6c5c41)B3c1cc(-c3ccnc4ccccc34)cc3c4cc(-c5ccnc6ccccc56)ccc4n-2c13. The molecule has 0 spiro atoms. The van der Waals surface area contributed by atoms with Crippen molar-refractivity contribution >= 4 is 153 Å². The van der Waals surface area contributed by atoms with E-state index in [9.17, 15) is 0 Å². The molecule has 0 radical (unpaired) electrons. The second-order valence-corrected chi connectivity index (χ2v) is 21.4. The van der Waals surface area contributed by atoms with E-state index in [0.29, 0.717) is 0 Å². The van der Waals surface area contributed by atoms with Gasteiger partial charge >= 0.3 is 0 Å². The van der Waals surface area contributed by atoms with Crippen molar-refractivity contribution in [3.63, 3.8) is 0 Å². The Morgan fingerprint density at radius 3 is 1.43 bits per heavy atom. The van der Waals surface area contributed by atoms with Crippen molar-refractivity contribution in [2.24, 2.45) is 0 Å². The Kier molecular flexibility index (Phi) is 7.53. The van der Waals surface area contributed by atoms with Crippen molar-refractivity contribution in [1.29, 1.82) is 0 Å². The summed E-state index contributed by atoms with van der Waals surface area (Å²) in [5.74, 6) is 0. The number of rotatable bonds is 2. The molecule has 2 aliphatic rings. The van der Waals surface area contributed by atoms with Crippen LogP contribution in [0.3, 0.4) is 0 Å². The average Bonchev–Trinajstić information content (AvgIpc) is 4.11. The zero-order chi connectivity index (χ0) is 49.8. The molecule has 0 atom stereocenters. The van der Waals surface area contributed by atoms with Gasteiger partial charge in [-0.05, 0) is 147 Å². The normalized spacial score (nSPS) is 12.9. The molecule has 77 heavy (non-hydrogen) atoms. The first-order valence-corrected chi connectivity index (χ1v) is 26.8. The molecule has 0 aliphatic carbocycles. The summed E-state index contributed by atoms with van der Waals surface area (Å²) in [5.41, 5.74) is 18.2. The van der Waals surface area contributed by atoms with Crippen LogP contribution in [0.4, 0.5) is 0 Å². The van der Waals surface area contributed by atoms with E-state index in [1.165, 1.54) is 158 Å². The topological polar surface area (TPSA) is 35.6 Å². The lowest BCUT2D eigenvalue weighted by atomic mass is 9.34. The van der Waals surface area contributed by atoms with Gasteiger partial charge in [0, 0.05) is 72.4 Å². The van der Waals surface area contributed by atoms with Gasteiger partial charge in [0.25, 0.3) is 6.71 Å². The molecule has 0 saturated heterocycles. The number of hydrogen-bond donors (Lipinski definition) is 0. The number of benzene rings is 13. The Bertz CT molecular complexity index is 5560. The van der Waals surface area contributed by atoms with Crippen LogP contribution in [0.1, 0.15) is 0 Å². The minimum absolute atomic E-state index is 0.102. The smallest absolute Gasteiger partial charge is 0.252 e. The second-order valence-electron chi connectivity index (χ2n) is 21.4. The van der Waals surface area contributed by atoms with Gasteiger partial charge < -0.3 is 9.13 Å². The van der Waals surface area contributed by atoms with Gasteiger partial charge in [0.15, 0.2) is 0 Å². The fraction of sp³-hybridized carbons (Fsp3) is 0. The molecule has 6 heterocycles. The molecule has 0 saturated carbocycles. The standard InChI is InChI=1S/C72H39BN4/c1-3-18-48-44(14-1)47-17-6-8-23-53(47)67-54(48)29-30-55-68-66-52-22-7-5-16-46(52)45-15-2-4-19-49(45)57(66)39-60-72(68)77(71(55)67)65-27-13-26-64-69(65)73(60)59-38-41(43-33-35-75-62-25-12-10-21-51(43)62)37-58-56-36-40(28-31-63(56)76(64)70(58)59)42-32-34-74-61-24-11-9-20-50(42)61/h1-39H. The van der Waals surface area contributed by atoms with Gasteiger partial charge in [-0.2, -0.15) is 0 Å². The van der Waals surface area contributed by atoms with Gasteiger partial charge in [0.1, 0.15) is 0 Å². The summed E-state index contributed by atoms with van der Waals surface area (Å²) in [4.78, 5) is 9.66. The third kappa shape index (κ3) is 5.00. The van der Waals surface area contributed by atoms with Crippen LogP contribution in [0.25, 0.3) is 164 Å². The molecule has 0 amide bonds. The van der Waals surface area contributed by atoms with E-state index >= 15 is 0 Å². The van der Waals surface area contributed by atoms with Crippen LogP contribution in [0.15, 0.2) is 237 Å². The summed E-state index contributed by atoms with van der Waals surface area (Å²) in [6.07, 6.45) is 3.93. The molecule has 4 nitrogen and oxygen atoms in total. The first-order chi connectivity index (χ1) is 38.2. The lowest BCUT2D eigenvalue weighted by molar-refractivity contribution is 1.15. The van der Waals surface area contributed by atoms with Gasteiger partial charge in [-0.15, -0.1) is 0 Å². The largest absolute Gasteiger partial charge is 0.310 e. The van der Waals surface area contributed by atoms with E-state index in [1.807, 2.05) is 12.4 Å². The van der Waals surface area contributed by atoms with E-state index in [-0.39, 0.29) is 6.71 Å². The molecule has 0 fully saturated rings. The van der Waals surface area contributed by atoms with E-state index in [0.717, 1.165) is 21.8 Å². The highest BCUT2D eigenvalue weighted by atomic mass is 15.0. The second kappa shape index (κ2) is 14.4. The van der Waals surface area contributed by atoms with Crippen LogP contribution in [0, 0.1) is 0 Å². The van der Waals surface area contributed by atoms with E-state index < -0.39 is 0 Å². The van der Waals surface area contributed by atoms with Crippen molar-refractivity contribution in [3.05, 3.63) is 237 Å². The predicted octanol–water partition coefficient (Wildman–Crippen LogP) is 16.4. The first-order valence-electron chi connectivity index (χ1n) is 26.8. The number of aromatic nitrogens is 4. The number of para-hydroxylation sites is 2. The van der Waals surface area contributed by atoms with Crippen LogP contribution in [0.5, 0.6) is 0 Å². The number of hydrogen-bond acceptors (Lipinski definition) is 2. The fourth-order valence-electron chi connectivity index (χ4n) is 14.9. The summed E-state index contributed by atoms with van der Waals surface area (Å²) in [6, 6.07) is 84.6. The molecule has 4 aromatic heterocycles. The molecule has 0 unspecified atom stereocenters. The summed E-state index contributed by atoms with van der Waals surface area (Å²) in [7, 11) is 0. The van der Waals surface area contributed by atoms with Gasteiger partial charge in [-0.25, -0.2) is 0 Å². The van der Waals surface area contributed by atoms with Crippen molar-refractivity contribution in [3.8, 4) is 33.6 Å². The highest BCUT2D eigenvalue weighted by molar-refractivity contribution is 7.00. The van der Waals surface area contributed by atoms with Crippen LogP contribution in [0.2, 0.25) is 0 Å². The number of pyridine rings is 2. The molecular weight excluding hydrogens is 932 g/mol. The molecular formula is C72H39BN4. The van der Waals surface area contributed by atoms with Crippen LogP contribution >= 0.6 is 0 Å². The zero-order valence-corrected chi connectivity index (χ0v) is 41.4.